The van der Waals surface area contributed by atoms with Crippen molar-refractivity contribution in [1.82, 2.24) is 0 Å². The third-order valence-electron chi connectivity index (χ3n) is 6.95. The van der Waals surface area contributed by atoms with Crippen LogP contribution in [0.5, 0.6) is 23.0 Å². The van der Waals surface area contributed by atoms with Crippen molar-refractivity contribution in [2.75, 3.05) is 0 Å². The monoisotopic (exact) mass is 482 g/mol. The molecule has 0 saturated heterocycles. The van der Waals surface area contributed by atoms with Gasteiger partial charge in [-0.2, -0.15) is 0 Å². The van der Waals surface area contributed by atoms with Crippen molar-refractivity contribution < 1.29 is 20.4 Å². The molecule has 5 aromatic carbocycles. The van der Waals surface area contributed by atoms with Crippen LogP contribution < -0.4 is 0 Å². The molecule has 5 aromatic rings. The molecule has 0 radical (unpaired) electrons. The fourth-order valence-corrected chi connectivity index (χ4v) is 5.37. The van der Waals surface area contributed by atoms with Gasteiger partial charge in [0.25, 0.3) is 0 Å². The second kappa shape index (κ2) is 8.51. The molecule has 0 bridgehead atoms. The fraction of sp³-hybridized carbons (Fsp3) is 0.0303. The van der Waals surface area contributed by atoms with Crippen molar-refractivity contribution >= 4 is 0 Å². The zero-order valence-electron chi connectivity index (χ0n) is 19.7. The summed E-state index contributed by atoms with van der Waals surface area (Å²) in [6.07, 6.45) is 0. The van der Waals surface area contributed by atoms with E-state index in [0.29, 0.717) is 0 Å². The molecule has 1 aliphatic carbocycles. The fourth-order valence-electron chi connectivity index (χ4n) is 5.37. The second-order valence-electron chi connectivity index (χ2n) is 9.10. The molecule has 4 N–H and O–H groups in total. The summed E-state index contributed by atoms with van der Waals surface area (Å²) in [5.74, 6) is 7.21. The number of rotatable bonds is 2. The van der Waals surface area contributed by atoms with Gasteiger partial charge in [0, 0.05) is 11.1 Å². The lowest BCUT2D eigenvalue weighted by molar-refractivity contribution is 0.472. The lowest BCUT2D eigenvalue weighted by atomic mass is 9.66. The first-order valence-electron chi connectivity index (χ1n) is 11.8. The topological polar surface area (TPSA) is 80.9 Å². The first-order valence-corrected chi connectivity index (χ1v) is 11.8. The maximum Gasteiger partial charge on any atom is 0.115 e. The standard InChI is InChI=1S/C33H22O4/c34-25-12-5-21(6-13-25)4-7-22-2-1-3-30-29-19-18-28(37)20-31(29)33(32(22)30,23-8-14-26(35)15-9-23)24-10-16-27(36)17-11-24/h1-3,5-6,8-20,34-37H. The largest absolute Gasteiger partial charge is 0.508 e. The average molecular weight is 483 g/mol. The van der Waals surface area contributed by atoms with E-state index in [9.17, 15) is 20.4 Å². The number of phenols is 4. The van der Waals surface area contributed by atoms with Gasteiger partial charge in [-0.3, -0.25) is 0 Å². The van der Waals surface area contributed by atoms with E-state index in [1.807, 2.05) is 42.5 Å². The molecule has 0 aromatic heterocycles. The van der Waals surface area contributed by atoms with Gasteiger partial charge in [-0.15, -0.1) is 0 Å². The van der Waals surface area contributed by atoms with E-state index in [-0.39, 0.29) is 23.0 Å². The molecule has 6 rings (SSSR count). The van der Waals surface area contributed by atoms with Crippen LogP contribution in [0.2, 0.25) is 0 Å². The van der Waals surface area contributed by atoms with E-state index in [1.165, 1.54) is 0 Å². The van der Waals surface area contributed by atoms with Crippen LogP contribution in [0, 0.1) is 11.8 Å². The summed E-state index contributed by atoms with van der Waals surface area (Å²) in [6, 6.07) is 32.3. The van der Waals surface area contributed by atoms with Crippen LogP contribution in [0.1, 0.15) is 33.4 Å². The predicted molar refractivity (Wildman–Crippen MR) is 143 cm³/mol. The molecule has 0 heterocycles. The van der Waals surface area contributed by atoms with Crippen molar-refractivity contribution in [3.8, 4) is 46.0 Å². The van der Waals surface area contributed by atoms with Crippen molar-refractivity contribution in [1.29, 1.82) is 0 Å². The van der Waals surface area contributed by atoms with Crippen LogP contribution in [0.4, 0.5) is 0 Å². The molecule has 37 heavy (non-hydrogen) atoms. The summed E-state index contributed by atoms with van der Waals surface area (Å²) in [7, 11) is 0. The van der Waals surface area contributed by atoms with Gasteiger partial charge in [0.15, 0.2) is 0 Å². The van der Waals surface area contributed by atoms with Crippen LogP contribution in [0.25, 0.3) is 11.1 Å². The van der Waals surface area contributed by atoms with Gasteiger partial charge in [0.05, 0.1) is 5.41 Å². The molecular formula is C33H22O4. The molecule has 0 fully saturated rings. The Labute approximate surface area is 214 Å². The Kier molecular flexibility index (Phi) is 5.14. The minimum Gasteiger partial charge on any atom is -0.508 e. The van der Waals surface area contributed by atoms with Crippen LogP contribution in [-0.4, -0.2) is 20.4 Å². The van der Waals surface area contributed by atoms with E-state index < -0.39 is 5.41 Å². The highest BCUT2D eigenvalue weighted by Crippen LogP contribution is 2.57. The first-order chi connectivity index (χ1) is 18.0. The average Bonchev–Trinajstić information content (AvgIpc) is 3.20. The maximum atomic E-state index is 10.6. The third-order valence-corrected chi connectivity index (χ3v) is 6.95. The minimum absolute atomic E-state index is 0.144. The Hall–Kier alpha value is -5.14. The smallest absolute Gasteiger partial charge is 0.115 e. The van der Waals surface area contributed by atoms with Gasteiger partial charge in [-0.1, -0.05) is 54.3 Å². The Morgan fingerprint density at radius 1 is 0.486 bits per heavy atom. The first kappa shape index (κ1) is 22.3. The van der Waals surface area contributed by atoms with Gasteiger partial charge in [0.1, 0.15) is 23.0 Å². The Morgan fingerprint density at radius 2 is 1.03 bits per heavy atom. The molecule has 4 nitrogen and oxygen atoms in total. The van der Waals surface area contributed by atoms with E-state index >= 15 is 0 Å². The summed E-state index contributed by atoms with van der Waals surface area (Å²) in [6.45, 7) is 0. The number of hydrogen-bond acceptors (Lipinski definition) is 4. The van der Waals surface area contributed by atoms with E-state index in [0.717, 1.165) is 44.5 Å². The zero-order chi connectivity index (χ0) is 25.6. The normalized spacial score (nSPS) is 12.8. The number of fused-ring (bicyclic) bond motifs is 3. The molecule has 0 atom stereocenters. The highest BCUT2D eigenvalue weighted by atomic mass is 16.3. The Balaban J connectivity index is 1.72. The molecule has 178 valence electrons. The van der Waals surface area contributed by atoms with Crippen molar-refractivity contribution in [3.05, 3.63) is 143 Å². The quantitative estimate of drug-likeness (QED) is 0.219. The summed E-state index contributed by atoms with van der Waals surface area (Å²) in [4.78, 5) is 0. The minimum atomic E-state index is -0.870. The molecule has 0 spiro atoms. The molecule has 4 heteroatoms. The number of hydrogen-bond donors (Lipinski definition) is 4. The summed E-state index contributed by atoms with van der Waals surface area (Å²) < 4.78 is 0. The van der Waals surface area contributed by atoms with Gasteiger partial charge in [-0.05, 0) is 100 Å². The van der Waals surface area contributed by atoms with Crippen molar-refractivity contribution in [3.63, 3.8) is 0 Å². The van der Waals surface area contributed by atoms with Crippen LogP contribution in [0.15, 0.2) is 109 Å². The number of benzene rings is 5. The van der Waals surface area contributed by atoms with Crippen molar-refractivity contribution in [2.24, 2.45) is 0 Å². The van der Waals surface area contributed by atoms with Crippen molar-refractivity contribution in [2.45, 2.75) is 5.41 Å². The van der Waals surface area contributed by atoms with Crippen LogP contribution in [0.3, 0.4) is 0 Å². The van der Waals surface area contributed by atoms with E-state index in [1.54, 1.807) is 60.7 Å². The van der Waals surface area contributed by atoms with Crippen LogP contribution in [-0.2, 0) is 5.41 Å². The Morgan fingerprint density at radius 3 is 1.62 bits per heavy atom. The lowest BCUT2D eigenvalue weighted by Crippen LogP contribution is -2.29. The third kappa shape index (κ3) is 3.57. The molecule has 0 amide bonds. The summed E-state index contributed by atoms with van der Waals surface area (Å²) in [5, 5.41) is 40.4. The van der Waals surface area contributed by atoms with Gasteiger partial charge < -0.3 is 20.4 Å². The van der Waals surface area contributed by atoms with Crippen LogP contribution >= 0.6 is 0 Å². The lowest BCUT2D eigenvalue weighted by Gasteiger charge is -2.34. The SMILES string of the molecule is Oc1ccc(C#Cc2cccc3c2C(c2ccc(O)cc2)(c2ccc(O)cc2)c2cc(O)ccc2-3)cc1. The highest BCUT2D eigenvalue weighted by molar-refractivity contribution is 5.89. The van der Waals surface area contributed by atoms with E-state index in [4.69, 9.17) is 0 Å². The van der Waals surface area contributed by atoms with E-state index in [2.05, 4.69) is 17.9 Å². The molecular weight excluding hydrogens is 460 g/mol. The Bertz CT molecular complexity index is 1640. The zero-order valence-corrected chi connectivity index (χ0v) is 19.7. The molecule has 1 aliphatic rings. The van der Waals surface area contributed by atoms with Gasteiger partial charge >= 0.3 is 0 Å². The van der Waals surface area contributed by atoms with Gasteiger partial charge in [0.2, 0.25) is 0 Å². The maximum absolute atomic E-state index is 10.6. The molecule has 0 aliphatic heterocycles. The second-order valence-corrected chi connectivity index (χ2v) is 9.10. The number of aromatic hydroxyl groups is 4. The molecule has 0 saturated carbocycles. The summed E-state index contributed by atoms with van der Waals surface area (Å²) >= 11 is 0. The predicted octanol–water partition coefficient (Wildman–Crippen LogP) is 6.27. The summed E-state index contributed by atoms with van der Waals surface area (Å²) in [5.41, 5.74) is 6.30. The van der Waals surface area contributed by atoms with Gasteiger partial charge in [-0.25, -0.2) is 0 Å². The molecule has 0 unspecified atom stereocenters. The number of phenolic OH excluding ortho intramolecular Hbond substituents is 4. The highest BCUT2D eigenvalue weighted by Gasteiger charge is 2.47.